The number of phenolic OH excluding ortho intramolecular Hbond substituents is 1. The lowest BCUT2D eigenvalue weighted by molar-refractivity contribution is 0.0952. The summed E-state index contributed by atoms with van der Waals surface area (Å²) in [5.74, 6) is 0.151. The van der Waals surface area contributed by atoms with Crippen molar-refractivity contribution in [1.29, 1.82) is 0 Å². The number of methoxy groups -OCH3 is 1. The number of carbonyl (C=O) groups is 1. The zero-order valence-corrected chi connectivity index (χ0v) is 13.1. The van der Waals surface area contributed by atoms with E-state index in [1.807, 2.05) is 42.5 Å². The van der Waals surface area contributed by atoms with Gasteiger partial charge in [-0.3, -0.25) is 4.79 Å². The number of nitrogens with zero attached hydrogens (tertiary/aromatic N) is 1. The molecule has 0 aliphatic rings. The summed E-state index contributed by atoms with van der Waals surface area (Å²) in [6.45, 7) is 0. The van der Waals surface area contributed by atoms with Crippen LogP contribution in [-0.4, -0.2) is 24.3 Å². The summed E-state index contributed by atoms with van der Waals surface area (Å²) in [5.41, 5.74) is 3.39. The maximum absolute atomic E-state index is 12.2. The first-order valence-corrected chi connectivity index (χ1v) is 7.36. The molecule has 0 heterocycles. The van der Waals surface area contributed by atoms with Crippen molar-refractivity contribution in [2.45, 2.75) is 0 Å². The van der Waals surface area contributed by atoms with Gasteiger partial charge in [0.2, 0.25) is 0 Å². The van der Waals surface area contributed by atoms with Gasteiger partial charge >= 0.3 is 0 Å². The van der Waals surface area contributed by atoms with Crippen LogP contribution >= 0.6 is 0 Å². The quantitative estimate of drug-likeness (QED) is 0.572. The Morgan fingerprint density at radius 2 is 1.83 bits per heavy atom. The van der Waals surface area contributed by atoms with Crippen molar-refractivity contribution >= 4 is 22.9 Å². The Morgan fingerprint density at radius 3 is 2.58 bits per heavy atom. The van der Waals surface area contributed by atoms with E-state index in [4.69, 9.17) is 4.74 Å². The molecule has 3 aromatic rings. The molecule has 5 nitrogen and oxygen atoms in total. The number of hydrogen-bond donors (Lipinski definition) is 2. The molecule has 24 heavy (non-hydrogen) atoms. The van der Waals surface area contributed by atoms with Crippen LogP contribution < -0.4 is 10.2 Å². The van der Waals surface area contributed by atoms with Gasteiger partial charge in [0.25, 0.3) is 5.91 Å². The number of benzene rings is 3. The largest absolute Gasteiger partial charge is 0.507 e. The Morgan fingerprint density at radius 1 is 1.08 bits per heavy atom. The molecule has 120 valence electrons. The number of nitrogens with one attached hydrogen (secondary N) is 1. The monoisotopic (exact) mass is 320 g/mol. The lowest BCUT2D eigenvalue weighted by Crippen LogP contribution is -2.17. The zero-order valence-electron chi connectivity index (χ0n) is 13.1. The van der Waals surface area contributed by atoms with Crippen molar-refractivity contribution in [2.75, 3.05) is 7.11 Å². The summed E-state index contributed by atoms with van der Waals surface area (Å²) in [6.07, 6.45) is 1.51. The molecule has 0 unspecified atom stereocenters. The second-order valence-electron chi connectivity index (χ2n) is 5.19. The molecule has 0 atom stereocenters. The van der Waals surface area contributed by atoms with Crippen LogP contribution in [-0.2, 0) is 0 Å². The molecule has 0 aliphatic heterocycles. The van der Waals surface area contributed by atoms with Crippen molar-refractivity contribution in [2.24, 2.45) is 5.10 Å². The van der Waals surface area contributed by atoms with E-state index < -0.39 is 5.91 Å². The minimum Gasteiger partial charge on any atom is -0.507 e. The van der Waals surface area contributed by atoms with Crippen LogP contribution in [0.15, 0.2) is 65.8 Å². The standard InChI is InChI=1S/C19H16N2O3/c1-24-16-8-4-5-13(9-16)12-20-21-19(23)17-10-14-6-2-3-7-15(14)11-18(17)22/h2-12,22H,1H3,(H,21,23)/b20-12+. The first-order valence-electron chi connectivity index (χ1n) is 7.36. The molecule has 1 amide bonds. The third-order valence-electron chi connectivity index (χ3n) is 3.58. The maximum Gasteiger partial charge on any atom is 0.275 e. The highest BCUT2D eigenvalue weighted by Gasteiger charge is 2.11. The van der Waals surface area contributed by atoms with E-state index in [9.17, 15) is 9.90 Å². The lowest BCUT2D eigenvalue weighted by Gasteiger charge is -2.05. The van der Waals surface area contributed by atoms with Gasteiger partial charge in [-0.1, -0.05) is 36.4 Å². The van der Waals surface area contributed by atoms with Gasteiger partial charge < -0.3 is 9.84 Å². The Hall–Kier alpha value is -3.34. The van der Waals surface area contributed by atoms with Crippen LogP contribution in [0, 0.1) is 0 Å². The number of aromatic hydroxyl groups is 1. The van der Waals surface area contributed by atoms with Gasteiger partial charge in [-0.05, 0) is 40.6 Å². The predicted molar refractivity (Wildman–Crippen MR) is 93.7 cm³/mol. The minimum absolute atomic E-state index is 0.0808. The van der Waals surface area contributed by atoms with Crippen molar-refractivity contribution < 1.29 is 14.6 Å². The van der Waals surface area contributed by atoms with E-state index in [0.717, 1.165) is 16.3 Å². The molecule has 5 heteroatoms. The van der Waals surface area contributed by atoms with E-state index in [2.05, 4.69) is 10.5 Å². The van der Waals surface area contributed by atoms with Crippen LogP contribution in [0.5, 0.6) is 11.5 Å². The average Bonchev–Trinajstić information content (AvgIpc) is 2.61. The average molecular weight is 320 g/mol. The van der Waals surface area contributed by atoms with Gasteiger partial charge in [0, 0.05) is 0 Å². The van der Waals surface area contributed by atoms with E-state index in [-0.39, 0.29) is 11.3 Å². The number of ether oxygens (including phenoxy) is 1. The number of hydrogen-bond acceptors (Lipinski definition) is 4. The predicted octanol–water partition coefficient (Wildman–Crippen LogP) is 3.32. The van der Waals surface area contributed by atoms with Gasteiger partial charge in [-0.15, -0.1) is 0 Å². The van der Waals surface area contributed by atoms with E-state index in [0.29, 0.717) is 5.75 Å². The summed E-state index contributed by atoms with van der Waals surface area (Å²) in [7, 11) is 1.58. The molecule has 0 saturated heterocycles. The van der Waals surface area contributed by atoms with Crippen molar-refractivity contribution in [3.05, 3.63) is 71.8 Å². The molecule has 0 fully saturated rings. The molecular weight excluding hydrogens is 304 g/mol. The van der Waals surface area contributed by atoms with Crippen molar-refractivity contribution in [3.8, 4) is 11.5 Å². The summed E-state index contributed by atoms with van der Waals surface area (Å²) in [6, 6.07) is 18.0. The SMILES string of the molecule is COc1cccc(/C=N/NC(=O)c2cc3ccccc3cc2O)c1. The molecular formula is C19H16N2O3. The highest BCUT2D eigenvalue weighted by molar-refractivity contribution is 6.01. The van der Waals surface area contributed by atoms with Crippen LogP contribution in [0.25, 0.3) is 10.8 Å². The molecule has 0 spiro atoms. The fourth-order valence-electron chi connectivity index (χ4n) is 2.36. The number of rotatable bonds is 4. The highest BCUT2D eigenvalue weighted by Crippen LogP contribution is 2.24. The molecule has 3 rings (SSSR count). The van der Waals surface area contributed by atoms with Gasteiger partial charge in [-0.25, -0.2) is 5.43 Å². The molecule has 0 radical (unpaired) electrons. The number of phenols is 1. The first-order chi connectivity index (χ1) is 11.7. The smallest absolute Gasteiger partial charge is 0.275 e. The van der Waals surface area contributed by atoms with Crippen LogP contribution in [0.4, 0.5) is 0 Å². The number of amides is 1. The minimum atomic E-state index is -0.475. The van der Waals surface area contributed by atoms with Crippen LogP contribution in [0.1, 0.15) is 15.9 Å². The summed E-state index contributed by atoms with van der Waals surface area (Å²) < 4.78 is 5.13. The molecule has 3 aromatic carbocycles. The van der Waals surface area contributed by atoms with Crippen LogP contribution in [0.2, 0.25) is 0 Å². The third-order valence-corrected chi connectivity index (χ3v) is 3.58. The molecule has 0 saturated carbocycles. The second-order valence-corrected chi connectivity index (χ2v) is 5.19. The Kier molecular flexibility index (Phi) is 4.43. The first kappa shape index (κ1) is 15.6. The van der Waals surface area contributed by atoms with Gasteiger partial charge in [0.05, 0.1) is 18.9 Å². The van der Waals surface area contributed by atoms with Crippen molar-refractivity contribution in [3.63, 3.8) is 0 Å². The Bertz CT molecular complexity index is 919. The number of hydrazone groups is 1. The third kappa shape index (κ3) is 3.35. The van der Waals surface area contributed by atoms with E-state index >= 15 is 0 Å². The molecule has 0 bridgehead atoms. The molecule has 0 aliphatic carbocycles. The molecule has 2 N–H and O–H groups in total. The highest BCUT2D eigenvalue weighted by atomic mass is 16.5. The summed E-state index contributed by atoms with van der Waals surface area (Å²) >= 11 is 0. The lowest BCUT2D eigenvalue weighted by atomic mass is 10.1. The van der Waals surface area contributed by atoms with E-state index in [1.165, 1.54) is 6.21 Å². The van der Waals surface area contributed by atoms with Crippen molar-refractivity contribution in [1.82, 2.24) is 5.43 Å². The molecule has 0 aromatic heterocycles. The summed E-state index contributed by atoms with van der Waals surface area (Å²) in [5, 5.41) is 15.7. The van der Waals surface area contributed by atoms with Gasteiger partial charge in [0.1, 0.15) is 11.5 Å². The summed E-state index contributed by atoms with van der Waals surface area (Å²) in [4.78, 5) is 12.2. The Balaban J connectivity index is 1.77. The fourth-order valence-corrected chi connectivity index (χ4v) is 2.36. The maximum atomic E-state index is 12.2. The van der Waals surface area contributed by atoms with Crippen LogP contribution in [0.3, 0.4) is 0 Å². The number of carbonyl (C=O) groups excluding carboxylic acids is 1. The topological polar surface area (TPSA) is 70.9 Å². The zero-order chi connectivity index (χ0) is 16.9. The van der Waals surface area contributed by atoms with Gasteiger partial charge in [-0.2, -0.15) is 5.10 Å². The Labute approximate surface area is 139 Å². The van der Waals surface area contributed by atoms with E-state index in [1.54, 1.807) is 25.3 Å². The van der Waals surface area contributed by atoms with Gasteiger partial charge in [0.15, 0.2) is 0 Å². The normalized spacial score (nSPS) is 10.9. The second kappa shape index (κ2) is 6.83. The number of fused-ring (bicyclic) bond motifs is 1. The fraction of sp³-hybridized carbons (Fsp3) is 0.0526.